The second-order valence-electron chi connectivity index (χ2n) is 7.38. The van der Waals surface area contributed by atoms with Gasteiger partial charge in [-0.3, -0.25) is 0 Å². The van der Waals surface area contributed by atoms with Gasteiger partial charge in [0.05, 0.1) is 0 Å². The van der Waals surface area contributed by atoms with Crippen LogP contribution < -0.4 is 0 Å². The summed E-state index contributed by atoms with van der Waals surface area (Å²) >= 11 is 0. The van der Waals surface area contributed by atoms with Crippen molar-refractivity contribution >= 4 is 0 Å². The van der Waals surface area contributed by atoms with Crippen molar-refractivity contribution in [2.24, 2.45) is 0 Å². The zero-order valence-electron chi connectivity index (χ0n) is 20.1. The molecule has 0 aliphatic heterocycles. The van der Waals surface area contributed by atoms with Crippen LogP contribution in [0.3, 0.4) is 0 Å². The Kier molecular flexibility index (Phi) is 18.2. The van der Waals surface area contributed by atoms with Gasteiger partial charge in [-0.05, 0) is 28.0 Å². The van der Waals surface area contributed by atoms with Gasteiger partial charge in [-0.15, -0.1) is 0 Å². The molecule has 0 spiro atoms. The fourth-order valence-electron chi connectivity index (χ4n) is 2.05. The third kappa shape index (κ3) is 14.0. The number of phenolic OH excluding ortho intramolecular Hbond substituents is 1. The number of hydrogen-bond donors (Lipinski definition) is 1. The largest absolute Gasteiger partial charge is 0.508 e. The fraction of sp³-hybridized carbons (Fsp3) is 0.538. The molecule has 2 rings (SSSR count). The first-order valence-electron chi connectivity index (χ1n) is 10.5. The summed E-state index contributed by atoms with van der Waals surface area (Å²) < 4.78 is 0. The second-order valence-corrected chi connectivity index (χ2v) is 7.38. The Hall–Kier alpha value is -1.76. The SMILES string of the molecule is CC.CC.CC.CC(C)(C)c1ccccc1.CC(C)(C)c1ccccc1O. The average molecular weight is 375 g/mol. The Labute approximate surface area is 170 Å². The maximum absolute atomic E-state index is 9.45. The minimum Gasteiger partial charge on any atom is -0.508 e. The predicted molar refractivity (Wildman–Crippen MR) is 126 cm³/mol. The Morgan fingerprint density at radius 3 is 1.15 bits per heavy atom. The topological polar surface area (TPSA) is 20.2 Å². The number of rotatable bonds is 0. The van der Waals surface area contributed by atoms with Gasteiger partial charge in [0.1, 0.15) is 5.75 Å². The molecule has 0 saturated carbocycles. The minimum atomic E-state index is 0.0331. The molecule has 0 aliphatic carbocycles. The van der Waals surface area contributed by atoms with Gasteiger partial charge in [0.2, 0.25) is 0 Å². The van der Waals surface area contributed by atoms with Crippen LogP contribution in [0, 0.1) is 0 Å². The molecule has 0 atom stereocenters. The lowest BCUT2D eigenvalue weighted by Crippen LogP contribution is -2.10. The fourth-order valence-corrected chi connectivity index (χ4v) is 2.05. The van der Waals surface area contributed by atoms with Crippen molar-refractivity contribution in [3.8, 4) is 5.75 Å². The van der Waals surface area contributed by atoms with Crippen LogP contribution in [-0.4, -0.2) is 5.11 Å². The highest BCUT2D eigenvalue weighted by Crippen LogP contribution is 2.29. The summed E-state index contributed by atoms with van der Waals surface area (Å²) in [6, 6.07) is 18.0. The normalized spacial score (nSPS) is 9.63. The van der Waals surface area contributed by atoms with Gasteiger partial charge in [-0.2, -0.15) is 0 Å². The molecule has 2 aromatic rings. The molecule has 2 aromatic carbocycles. The molecule has 1 heteroatoms. The Balaban J connectivity index is -0.000000335. The first kappa shape index (κ1) is 30.0. The Morgan fingerprint density at radius 1 is 0.519 bits per heavy atom. The molecule has 156 valence electrons. The van der Waals surface area contributed by atoms with Gasteiger partial charge >= 0.3 is 0 Å². The maximum Gasteiger partial charge on any atom is 0.119 e. The molecule has 0 radical (unpaired) electrons. The quantitative estimate of drug-likeness (QED) is 0.488. The van der Waals surface area contributed by atoms with E-state index in [0.29, 0.717) is 11.2 Å². The summed E-state index contributed by atoms with van der Waals surface area (Å²) in [5.41, 5.74) is 2.72. The molecule has 27 heavy (non-hydrogen) atoms. The first-order valence-corrected chi connectivity index (χ1v) is 10.5. The van der Waals surface area contributed by atoms with E-state index in [9.17, 15) is 5.11 Å². The Morgan fingerprint density at radius 2 is 0.889 bits per heavy atom. The van der Waals surface area contributed by atoms with Gasteiger partial charge in [0.15, 0.2) is 0 Å². The van der Waals surface area contributed by atoms with Crippen LogP contribution in [0.4, 0.5) is 0 Å². The number of aromatic hydroxyl groups is 1. The third-order valence-corrected chi connectivity index (χ3v) is 3.35. The lowest BCUT2D eigenvalue weighted by molar-refractivity contribution is 0.447. The summed E-state index contributed by atoms with van der Waals surface area (Å²) in [6.07, 6.45) is 0. The van der Waals surface area contributed by atoms with Crippen molar-refractivity contribution in [2.75, 3.05) is 0 Å². The van der Waals surface area contributed by atoms with Gasteiger partial charge in [0, 0.05) is 0 Å². The molecule has 0 bridgehead atoms. The van der Waals surface area contributed by atoms with Gasteiger partial charge in [-0.25, -0.2) is 0 Å². The molecule has 0 saturated heterocycles. The van der Waals surface area contributed by atoms with E-state index in [1.807, 2.05) is 59.7 Å². The third-order valence-electron chi connectivity index (χ3n) is 3.35. The van der Waals surface area contributed by atoms with Gasteiger partial charge < -0.3 is 5.11 Å². The molecule has 0 heterocycles. The standard InChI is InChI=1S/C10H14O.C10H14.3C2H6/c1-10(2,3)8-6-4-5-7-9(8)11;1-10(2,3)9-7-5-4-6-8-9;3*1-2/h4-7,11H,1-3H3;4-8H,1-3H3;3*1-2H3. The smallest absolute Gasteiger partial charge is 0.119 e. The first-order chi connectivity index (χ1) is 12.6. The molecule has 0 fully saturated rings. The number of benzene rings is 2. The van der Waals surface area contributed by atoms with Crippen molar-refractivity contribution in [1.29, 1.82) is 0 Å². The van der Waals surface area contributed by atoms with Crippen LogP contribution in [0.15, 0.2) is 54.6 Å². The average Bonchev–Trinajstić information content (AvgIpc) is 2.67. The summed E-state index contributed by atoms with van der Waals surface area (Å²) in [4.78, 5) is 0. The van der Waals surface area contributed by atoms with E-state index < -0.39 is 0 Å². The second kappa shape index (κ2) is 16.4. The summed E-state index contributed by atoms with van der Waals surface area (Å²) in [5.74, 6) is 0.389. The van der Waals surface area contributed by atoms with Gasteiger partial charge in [-0.1, -0.05) is 132 Å². The van der Waals surface area contributed by atoms with Crippen LogP contribution in [0.1, 0.15) is 94.2 Å². The lowest BCUT2D eigenvalue weighted by Gasteiger charge is -2.19. The van der Waals surface area contributed by atoms with Crippen molar-refractivity contribution in [2.45, 2.75) is 93.9 Å². The summed E-state index contributed by atoms with van der Waals surface area (Å²) in [6.45, 7) is 24.9. The molecular weight excluding hydrogens is 328 g/mol. The van der Waals surface area contributed by atoms with E-state index in [1.54, 1.807) is 6.07 Å². The van der Waals surface area contributed by atoms with Gasteiger partial charge in [0.25, 0.3) is 0 Å². The van der Waals surface area contributed by atoms with E-state index in [4.69, 9.17) is 0 Å². The maximum atomic E-state index is 9.45. The van der Waals surface area contributed by atoms with E-state index >= 15 is 0 Å². The van der Waals surface area contributed by atoms with Crippen LogP contribution in [-0.2, 0) is 10.8 Å². The lowest BCUT2D eigenvalue weighted by atomic mass is 9.86. The zero-order valence-corrected chi connectivity index (χ0v) is 20.1. The highest BCUT2D eigenvalue weighted by molar-refractivity contribution is 5.36. The predicted octanol–water partition coefficient (Wildman–Crippen LogP) is 8.75. The molecule has 0 aliphatic rings. The van der Waals surface area contributed by atoms with E-state index in [-0.39, 0.29) is 5.41 Å². The highest BCUT2D eigenvalue weighted by atomic mass is 16.3. The molecule has 0 unspecified atom stereocenters. The number of hydrogen-bond acceptors (Lipinski definition) is 1. The summed E-state index contributed by atoms with van der Waals surface area (Å²) in [7, 11) is 0. The van der Waals surface area contributed by atoms with Crippen LogP contribution in [0.25, 0.3) is 0 Å². The van der Waals surface area contributed by atoms with Crippen molar-refractivity contribution < 1.29 is 5.11 Å². The van der Waals surface area contributed by atoms with Crippen molar-refractivity contribution in [3.05, 3.63) is 65.7 Å². The summed E-state index contributed by atoms with van der Waals surface area (Å²) in [5, 5.41) is 9.45. The minimum absolute atomic E-state index is 0.0331. The van der Waals surface area contributed by atoms with Crippen LogP contribution >= 0.6 is 0 Å². The number of phenols is 1. The molecular formula is C26H46O. The molecule has 0 amide bonds. The Bertz CT molecular complexity index is 542. The molecule has 0 aromatic heterocycles. The van der Waals surface area contributed by atoms with E-state index in [0.717, 1.165) is 5.56 Å². The van der Waals surface area contributed by atoms with Crippen LogP contribution in [0.5, 0.6) is 5.75 Å². The molecule has 1 nitrogen and oxygen atoms in total. The molecule has 1 N–H and O–H groups in total. The van der Waals surface area contributed by atoms with E-state index in [1.165, 1.54) is 5.56 Å². The van der Waals surface area contributed by atoms with Crippen molar-refractivity contribution in [1.82, 2.24) is 0 Å². The highest BCUT2D eigenvalue weighted by Gasteiger charge is 2.16. The van der Waals surface area contributed by atoms with E-state index in [2.05, 4.69) is 71.9 Å². The van der Waals surface area contributed by atoms with Crippen molar-refractivity contribution in [3.63, 3.8) is 0 Å². The zero-order chi connectivity index (χ0) is 22.1. The number of para-hydroxylation sites is 1. The van der Waals surface area contributed by atoms with Crippen LogP contribution in [0.2, 0.25) is 0 Å². The monoisotopic (exact) mass is 374 g/mol.